The van der Waals surface area contributed by atoms with Crippen LogP contribution in [-0.4, -0.2) is 15.1 Å². The van der Waals surface area contributed by atoms with Crippen LogP contribution in [0.1, 0.15) is 63.3 Å². The van der Waals surface area contributed by atoms with Gasteiger partial charge in [-0.2, -0.15) is 0 Å². The van der Waals surface area contributed by atoms with Gasteiger partial charge in [-0.15, -0.1) is 0 Å². The lowest BCUT2D eigenvalue weighted by Gasteiger charge is -2.08. The van der Waals surface area contributed by atoms with Crippen LogP contribution in [0.15, 0.2) is 36.5 Å². The summed E-state index contributed by atoms with van der Waals surface area (Å²) < 4.78 is 5.65. The van der Waals surface area contributed by atoms with E-state index in [1.807, 2.05) is 18.2 Å². The van der Waals surface area contributed by atoms with E-state index < -0.39 is 0 Å². The van der Waals surface area contributed by atoms with Gasteiger partial charge in [0, 0.05) is 24.0 Å². The smallest absolute Gasteiger partial charge is 0.217 e. The largest absolute Gasteiger partial charge is 0.508 e. The van der Waals surface area contributed by atoms with Crippen molar-refractivity contribution in [3.05, 3.63) is 47.9 Å². The first-order chi connectivity index (χ1) is 11.8. The zero-order valence-electron chi connectivity index (χ0n) is 14.6. The molecule has 0 bridgehead atoms. The molecule has 0 saturated carbocycles. The van der Waals surface area contributed by atoms with Crippen LogP contribution in [0, 0.1) is 0 Å². The molecule has 0 aliphatic carbocycles. The number of pyridine rings is 2. The Bertz CT molecular complexity index is 587. The van der Waals surface area contributed by atoms with E-state index in [-0.39, 0.29) is 5.75 Å². The Morgan fingerprint density at radius 3 is 2.50 bits per heavy atom. The standard InChI is InChI=1S/C20H28N2O2/c1-2-3-4-5-6-7-8-11-17-14-19(23)15-20(22-17)24-16-18-12-9-10-13-21-18/h9-10,12-15H,2-8,11,16H2,1H3,(H,22,23). The quantitative estimate of drug-likeness (QED) is 0.586. The van der Waals surface area contributed by atoms with E-state index in [0.29, 0.717) is 12.5 Å². The lowest BCUT2D eigenvalue weighted by atomic mass is 10.1. The molecule has 1 N–H and O–H groups in total. The first-order valence-electron chi connectivity index (χ1n) is 9.00. The van der Waals surface area contributed by atoms with Gasteiger partial charge in [-0.05, 0) is 25.0 Å². The third kappa shape index (κ3) is 6.99. The van der Waals surface area contributed by atoms with Crippen molar-refractivity contribution in [2.24, 2.45) is 0 Å². The highest BCUT2D eigenvalue weighted by atomic mass is 16.5. The highest BCUT2D eigenvalue weighted by Gasteiger charge is 2.04. The van der Waals surface area contributed by atoms with Crippen LogP contribution < -0.4 is 4.74 Å². The minimum Gasteiger partial charge on any atom is -0.508 e. The number of hydrogen-bond donors (Lipinski definition) is 1. The number of hydrogen-bond acceptors (Lipinski definition) is 4. The van der Waals surface area contributed by atoms with E-state index in [4.69, 9.17) is 4.74 Å². The predicted octanol–water partition coefficient (Wildman–Crippen LogP) is 5.05. The third-order valence-corrected chi connectivity index (χ3v) is 3.97. The van der Waals surface area contributed by atoms with Gasteiger partial charge in [0.05, 0.1) is 5.69 Å². The molecular formula is C20H28N2O2. The second-order valence-electron chi connectivity index (χ2n) is 6.14. The molecule has 2 rings (SSSR count). The summed E-state index contributed by atoms with van der Waals surface area (Å²) in [6.45, 7) is 2.59. The van der Waals surface area contributed by atoms with Crippen molar-refractivity contribution in [2.75, 3.05) is 0 Å². The van der Waals surface area contributed by atoms with Gasteiger partial charge < -0.3 is 9.84 Å². The van der Waals surface area contributed by atoms with Crippen molar-refractivity contribution in [3.63, 3.8) is 0 Å². The summed E-state index contributed by atoms with van der Waals surface area (Å²) in [7, 11) is 0. The van der Waals surface area contributed by atoms with Gasteiger partial charge in [0.15, 0.2) is 0 Å². The van der Waals surface area contributed by atoms with Crippen LogP contribution in [0.4, 0.5) is 0 Å². The van der Waals surface area contributed by atoms with Crippen molar-refractivity contribution in [2.45, 2.75) is 64.9 Å². The second-order valence-corrected chi connectivity index (χ2v) is 6.14. The molecule has 24 heavy (non-hydrogen) atoms. The molecule has 0 aliphatic heterocycles. The normalized spacial score (nSPS) is 10.7. The molecule has 130 valence electrons. The fraction of sp³-hybridized carbons (Fsp3) is 0.500. The highest BCUT2D eigenvalue weighted by Crippen LogP contribution is 2.20. The fourth-order valence-corrected chi connectivity index (χ4v) is 2.64. The molecule has 4 heteroatoms. The molecule has 2 aromatic rings. The van der Waals surface area contributed by atoms with E-state index in [1.165, 1.54) is 38.5 Å². The zero-order chi connectivity index (χ0) is 17.0. The van der Waals surface area contributed by atoms with Gasteiger partial charge in [0.2, 0.25) is 5.88 Å². The summed E-state index contributed by atoms with van der Waals surface area (Å²) in [5.74, 6) is 0.664. The average Bonchev–Trinajstić information content (AvgIpc) is 2.60. The summed E-state index contributed by atoms with van der Waals surface area (Å²) >= 11 is 0. The second kappa shape index (κ2) is 10.6. The van der Waals surface area contributed by atoms with Gasteiger partial charge in [-0.1, -0.05) is 51.5 Å². The number of aryl methyl sites for hydroxylation is 1. The highest BCUT2D eigenvalue weighted by molar-refractivity contribution is 5.29. The number of aromatic nitrogens is 2. The molecule has 0 saturated heterocycles. The Morgan fingerprint density at radius 1 is 0.958 bits per heavy atom. The molecule has 0 spiro atoms. The maximum atomic E-state index is 9.86. The molecule has 0 radical (unpaired) electrons. The van der Waals surface area contributed by atoms with Gasteiger partial charge in [-0.3, -0.25) is 4.98 Å². The van der Waals surface area contributed by atoms with Crippen LogP contribution in [0.3, 0.4) is 0 Å². The molecule has 4 nitrogen and oxygen atoms in total. The molecule has 0 aliphatic rings. The molecule has 0 unspecified atom stereocenters. The van der Waals surface area contributed by atoms with Gasteiger partial charge in [0.25, 0.3) is 0 Å². The van der Waals surface area contributed by atoms with Crippen LogP contribution in [0.5, 0.6) is 11.6 Å². The van der Waals surface area contributed by atoms with E-state index in [2.05, 4.69) is 16.9 Å². The number of unbranched alkanes of at least 4 members (excludes halogenated alkanes) is 6. The van der Waals surface area contributed by atoms with Crippen molar-refractivity contribution >= 4 is 0 Å². The van der Waals surface area contributed by atoms with Crippen LogP contribution in [0.2, 0.25) is 0 Å². The van der Waals surface area contributed by atoms with Gasteiger partial charge >= 0.3 is 0 Å². The average molecular weight is 328 g/mol. The maximum absolute atomic E-state index is 9.86. The minimum atomic E-state index is 0.207. The summed E-state index contributed by atoms with van der Waals surface area (Å²) in [6, 6.07) is 8.98. The van der Waals surface area contributed by atoms with Crippen LogP contribution in [-0.2, 0) is 13.0 Å². The number of aromatic hydroxyl groups is 1. The van der Waals surface area contributed by atoms with Gasteiger partial charge in [0.1, 0.15) is 12.4 Å². The first-order valence-corrected chi connectivity index (χ1v) is 9.00. The number of rotatable bonds is 11. The Hall–Kier alpha value is -2.10. The van der Waals surface area contributed by atoms with Crippen molar-refractivity contribution in [1.29, 1.82) is 0 Å². The lowest BCUT2D eigenvalue weighted by molar-refractivity contribution is 0.286. The Balaban J connectivity index is 1.76. The van der Waals surface area contributed by atoms with E-state index in [9.17, 15) is 5.11 Å². The Labute approximate surface area is 144 Å². The Morgan fingerprint density at radius 2 is 1.75 bits per heavy atom. The molecular weight excluding hydrogens is 300 g/mol. The molecule has 0 amide bonds. The third-order valence-electron chi connectivity index (χ3n) is 3.97. The molecule has 2 heterocycles. The lowest BCUT2D eigenvalue weighted by Crippen LogP contribution is -2.01. The van der Waals surface area contributed by atoms with Gasteiger partial charge in [-0.25, -0.2) is 4.98 Å². The summed E-state index contributed by atoms with van der Waals surface area (Å²) in [5, 5.41) is 9.86. The predicted molar refractivity (Wildman–Crippen MR) is 96.2 cm³/mol. The SMILES string of the molecule is CCCCCCCCCc1cc(O)cc(OCc2ccccn2)n1. The van der Waals surface area contributed by atoms with E-state index in [0.717, 1.165) is 24.2 Å². The van der Waals surface area contributed by atoms with Crippen molar-refractivity contribution in [1.82, 2.24) is 9.97 Å². The molecule has 0 fully saturated rings. The van der Waals surface area contributed by atoms with Crippen molar-refractivity contribution in [3.8, 4) is 11.6 Å². The minimum absolute atomic E-state index is 0.207. The fourth-order valence-electron chi connectivity index (χ4n) is 2.64. The van der Waals surface area contributed by atoms with Crippen LogP contribution >= 0.6 is 0 Å². The van der Waals surface area contributed by atoms with E-state index >= 15 is 0 Å². The number of nitrogens with zero attached hydrogens (tertiary/aromatic N) is 2. The summed E-state index contributed by atoms with van der Waals surface area (Å²) in [6.07, 6.45) is 11.5. The number of ether oxygens (including phenoxy) is 1. The summed E-state index contributed by atoms with van der Waals surface area (Å²) in [4.78, 5) is 8.70. The van der Waals surface area contributed by atoms with Crippen molar-refractivity contribution < 1.29 is 9.84 Å². The zero-order valence-corrected chi connectivity index (χ0v) is 14.6. The van der Waals surface area contributed by atoms with E-state index in [1.54, 1.807) is 18.3 Å². The van der Waals surface area contributed by atoms with Crippen LogP contribution in [0.25, 0.3) is 0 Å². The molecule has 0 aromatic carbocycles. The Kier molecular flexibility index (Phi) is 8.08. The summed E-state index contributed by atoms with van der Waals surface area (Å²) in [5.41, 5.74) is 1.73. The monoisotopic (exact) mass is 328 g/mol. The maximum Gasteiger partial charge on any atom is 0.217 e. The first kappa shape index (κ1) is 18.2. The molecule has 2 aromatic heterocycles. The molecule has 0 atom stereocenters. The topological polar surface area (TPSA) is 55.2 Å².